The highest BCUT2D eigenvalue weighted by Gasteiger charge is 2.28. The number of piperidine rings is 1. The fraction of sp³-hybridized carbons (Fsp3) is 0.500. The monoisotopic (exact) mass is 340 g/mol. The molecule has 0 spiro atoms. The van der Waals surface area contributed by atoms with Crippen molar-refractivity contribution < 1.29 is 9.53 Å². The highest BCUT2D eigenvalue weighted by Crippen LogP contribution is 2.22. The summed E-state index contributed by atoms with van der Waals surface area (Å²) in [5.41, 5.74) is 1.89. The lowest BCUT2D eigenvalue weighted by Crippen LogP contribution is -2.44. The number of rotatable bonds is 3. The number of carbonyl (C=O) groups is 1. The first kappa shape index (κ1) is 17.0. The maximum absolute atomic E-state index is 11.9. The minimum absolute atomic E-state index is 0.102. The molecule has 1 aromatic rings. The SMILES string of the molecule is CCOC(=O)[C@@H]1CCCN(C(=S)Nc2ccc(C)c(Cl)c2)C1. The molecule has 1 fully saturated rings. The van der Waals surface area contributed by atoms with Crippen molar-refractivity contribution in [2.45, 2.75) is 26.7 Å². The van der Waals surface area contributed by atoms with E-state index in [1.54, 1.807) is 0 Å². The molecule has 4 nitrogen and oxygen atoms in total. The second-order valence-electron chi connectivity index (χ2n) is 5.43. The molecule has 0 amide bonds. The maximum atomic E-state index is 11.9. The molecule has 0 radical (unpaired) electrons. The smallest absolute Gasteiger partial charge is 0.310 e. The van der Waals surface area contributed by atoms with Gasteiger partial charge in [-0.05, 0) is 56.6 Å². The van der Waals surface area contributed by atoms with Crippen molar-refractivity contribution in [1.29, 1.82) is 0 Å². The number of aryl methyl sites for hydroxylation is 1. The summed E-state index contributed by atoms with van der Waals surface area (Å²) in [6.07, 6.45) is 1.79. The van der Waals surface area contributed by atoms with Crippen LogP contribution in [0.1, 0.15) is 25.3 Å². The van der Waals surface area contributed by atoms with Crippen LogP contribution in [0.4, 0.5) is 5.69 Å². The van der Waals surface area contributed by atoms with Gasteiger partial charge in [0.1, 0.15) is 0 Å². The zero-order valence-electron chi connectivity index (χ0n) is 12.9. The Hall–Kier alpha value is -1.33. The number of benzene rings is 1. The Bertz CT molecular complexity index is 565. The molecule has 1 saturated heterocycles. The summed E-state index contributed by atoms with van der Waals surface area (Å²) in [5.74, 6) is -0.233. The molecule has 1 heterocycles. The van der Waals surface area contributed by atoms with Crippen LogP contribution in [0.5, 0.6) is 0 Å². The van der Waals surface area contributed by atoms with Crippen LogP contribution in [0.2, 0.25) is 5.02 Å². The van der Waals surface area contributed by atoms with Gasteiger partial charge in [0.15, 0.2) is 5.11 Å². The first-order valence-electron chi connectivity index (χ1n) is 7.50. The predicted octanol–water partition coefficient (Wildman–Crippen LogP) is 3.62. The molecule has 0 unspecified atom stereocenters. The van der Waals surface area contributed by atoms with Crippen molar-refractivity contribution in [3.05, 3.63) is 28.8 Å². The molecule has 0 saturated carbocycles. The fourth-order valence-corrected chi connectivity index (χ4v) is 2.95. The van der Waals surface area contributed by atoms with Crippen molar-refractivity contribution >= 4 is 40.6 Å². The number of esters is 1. The van der Waals surface area contributed by atoms with E-state index in [9.17, 15) is 4.79 Å². The molecule has 0 aromatic heterocycles. The lowest BCUT2D eigenvalue weighted by molar-refractivity contribution is -0.149. The Morgan fingerprint density at radius 3 is 3.00 bits per heavy atom. The van der Waals surface area contributed by atoms with Crippen molar-refractivity contribution in [1.82, 2.24) is 4.90 Å². The van der Waals surface area contributed by atoms with E-state index in [-0.39, 0.29) is 11.9 Å². The van der Waals surface area contributed by atoms with Crippen LogP contribution in [0.25, 0.3) is 0 Å². The van der Waals surface area contributed by atoms with Crippen molar-refractivity contribution in [2.24, 2.45) is 5.92 Å². The Morgan fingerprint density at radius 1 is 1.55 bits per heavy atom. The van der Waals surface area contributed by atoms with Gasteiger partial charge in [-0.25, -0.2) is 0 Å². The topological polar surface area (TPSA) is 41.6 Å². The number of nitrogens with one attached hydrogen (secondary N) is 1. The van der Waals surface area contributed by atoms with E-state index in [1.165, 1.54) is 0 Å². The second-order valence-corrected chi connectivity index (χ2v) is 6.23. The van der Waals surface area contributed by atoms with Gasteiger partial charge in [0.25, 0.3) is 0 Å². The number of likely N-dealkylation sites (tertiary alicyclic amines) is 1. The number of hydrogen-bond donors (Lipinski definition) is 1. The van der Waals surface area contributed by atoms with Crippen LogP contribution < -0.4 is 5.32 Å². The van der Waals surface area contributed by atoms with Gasteiger partial charge in [-0.2, -0.15) is 0 Å². The summed E-state index contributed by atoms with van der Waals surface area (Å²) in [4.78, 5) is 13.9. The van der Waals surface area contributed by atoms with Crippen molar-refractivity contribution in [3.63, 3.8) is 0 Å². The lowest BCUT2D eigenvalue weighted by atomic mass is 9.98. The summed E-state index contributed by atoms with van der Waals surface area (Å²) >= 11 is 11.6. The largest absolute Gasteiger partial charge is 0.466 e. The van der Waals surface area contributed by atoms with Gasteiger partial charge in [-0.3, -0.25) is 4.79 Å². The van der Waals surface area contributed by atoms with E-state index >= 15 is 0 Å². The van der Waals surface area contributed by atoms with Crippen LogP contribution >= 0.6 is 23.8 Å². The third kappa shape index (κ3) is 4.34. The lowest BCUT2D eigenvalue weighted by Gasteiger charge is -2.33. The summed E-state index contributed by atoms with van der Waals surface area (Å²) in [6.45, 7) is 5.65. The van der Waals surface area contributed by atoms with Crippen LogP contribution in [-0.2, 0) is 9.53 Å². The molecular weight excluding hydrogens is 320 g/mol. The van der Waals surface area contributed by atoms with Gasteiger partial charge in [0.05, 0.1) is 12.5 Å². The number of ether oxygens (including phenoxy) is 1. The van der Waals surface area contributed by atoms with Gasteiger partial charge in [0, 0.05) is 23.8 Å². The Morgan fingerprint density at radius 2 is 2.32 bits per heavy atom. The van der Waals surface area contributed by atoms with Crippen LogP contribution in [0, 0.1) is 12.8 Å². The molecule has 0 bridgehead atoms. The molecule has 1 aromatic carbocycles. The molecule has 2 rings (SSSR count). The third-order valence-corrected chi connectivity index (χ3v) is 4.52. The first-order chi connectivity index (χ1) is 10.5. The zero-order valence-corrected chi connectivity index (χ0v) is 14.5. The number of carbonyl (C=O) groups excluding carboxylic acids is 1. The average molecular weight is 341 g/mol. The minimum atomic E-state index is -0.131. The van der Waals surface area contributed by atoms with E-state index in [0.29, 0.717) is 23.3 Å². The molecular formula is C16H21ClN2O2S. The van der Waals surface area contributed by atoms with Crippen LogP contribution in [0.15, 0.2) is 18.2 Å². The molecule has 1 aliphatic heterocycles. The second kappa shape index (κ2) is 7.79. The maximum Gasteiger partial charge on any atom is 0.310 e. The van der Waals surface area contributed by atoms with Crippen molar-refractivity contribution in [2.75, 3.05) is 25.0 Å². The molecule has 120 valence electrons. The average Bonchev–Trinajstić information content (AvgIpc) is 2.51. The summed E-state index contributed by atoms with van der Waals surface area (Å²) < 4.78 is 5.11. The minimum Gasteiger partial charge on any atom is -0.466 e. The molecule has 0 aliphatic carbocycles. The molecule has 22 heavy (non-hydrogen) atoms. The normalized spacial score (nSPS) is 18.0. The molecule has 1 aliphatic rings. The third-order valence-electron chi connectivity index (χ3n) is 3.75. The number of hydrogen-bond acceptors (Lipinski definition) is 3. The highest BCUT2D eigenvalue weighted by atomic mass is 35.5. The Balaban J connectivity index is 1.96. The Kier molecular flexibility index (Phi) is 6.03. The molecule has 1 atom stereocenters. The number of halogens is 1. The van der Waals surface area contributed by atoms with Gasteiger partial charge < -0.3 is 15.0 Å². The first-order valence-corrected chi connectivity index (χ1v) is 8.28. The van der Waals surface area contributed by atoms with Crippen molar-refractivity contribution in [3.8, 4) is 0 Å². The standard InChI is InChI=1S/C16H21ClN2O2S/c1-3-21-15(20)12-5-4-8-19(10-12)16(22)18-13-7-6-11(2)14(17)9-13/h6-7,9,12H,3-5,8,10H2,1-2H3,(H,18,22)/t12-/m1/s1. The number of nitrogens with zero attached hydrogens (tertiary/aromatic N) is 1. The van der Waals surface area contributed by atoms with Gasteiger partial charge in [-0.15, -0.1) is 0 Å². The van der Waals surface area contributed by atoms with Crippen LogP contribution in [-0.4, -0.2) is 35.7 Å². The van der Waals surface area contributed by atoms with E-state index in [2.05, 4.69) is 5.32 Å². The highest BCUT2D eigenvalue weighted by molar-refractivity contribution is 7.80. The van der Waals surface area contributed by atoms with Gasteiger partial charge >= 0.3 is 5.97 Å². The zero-order chi connectivity index (χ0) is 16.1. The quantitative estimate of drug-likeness (QED) is 0.672. The van der Waals surface area contributed by atoms with E-state index < -0.39 is 0 Å². The molecule has 1 N–H and O–H groups in total. The number of thiocarbonyl (C=S) groups is 1. The Labute approximate surface area is 141 Å². The van der Waals surface area contributed by atoms with Crippen LogP contribution in [0.3, 0.4) is 0 Å². The summed E-state index contributed by atoms with van der Waals surface area (Å²) in [5, 5.41) is 4.52. The summed E-state index contributed by atoms with van der Waals surface area (Å²) in [6, 6.07) is 5.75. The number of anilines is 1. The van der Waals surface area contributed by atoms with Gasteiger partial charge in [0.2, 0.25) is 0 Å². The van der Waals surface area contributed by atoms with E-state index in [4.69, 9.17) is 28.6 Å². The fourth-order valence-electron chi connectivity index (χ4n) is 2.49. The molecule has 6 heteroatoms. The van der Waals surface area contributed by atoms with Gasteiger partial charge in [-0.1, -0.05) is 17.7 Å². The van der Waals surface area contributed by atoms with E-state index in [0.717, 1.165) is 30.6 Å². The van der Waals surface area contributed by atoms with E-state index in [1.807, 2.05) is 36.9 Å². The summed E-state index contributed by atoms with van der Waals surface area (Å²) in [7, 11) is 0. The predicted molar refractivity (Wildman–Crippen MR) is 93.3 cm³/mol.